The largest absolute Gasteiger partial charge is 0.303 e. The van der Waals surface area contributed by atoms with Crippen molar-refractivity contribution in [3.63, 3.8) is 0 Å². The first-order valence-corrected chi connectivity index (χ1v) is 1.58. The second kappa shape index (κ2) is 2.67. The molecule has 0 saturated heterocycles. The number of hydrogen-bond acceptors (Lipinski definition) is 4. The quantitative estimate of drug-likeness (QED) is 0.377. The van der Waals surface area contributed by atoms with Crippen molar-refractivity contribution in [2.24, 2.45) is 0 Å². The average Bonchev–Trinajstić information content (AvgIpc) is 1.61. The highest BCUT2D eigenvalue weighted by Crippen LogP contribution is 1.72. The summed E-state index contributed by atoms with van der Waals surface area (Å²) in [6.07, 6.45) is 0.528. The van der Waals surface area contributed by atoms with E-state index in [1.807, 2.05) is 0 Å². The highest BCUT2D eigenvalue weighted by Gasteiger charge is 1.90. The Balaban J connectivity index is 3.67. The molecule has 0 aromatic rings. The molecular weight excluding hydrogens is 116 g/mol. The Labute approximate surface area is 43.7 Å². The van der Waals surface area contributed by atoms with Crippen LogP contribution in [-0.2, 0) is 0 Å². The third kappa shape index (κ3) is 4.54. The summed E-state index contributed by atoms with van der Waals surface area (Å²) in [5, 5.41) is 18.6. The minimum absolute atomic E-state index is 0.264. The Hall–Kier alpha value is -1.46. The van der Waals surface area contributed by atoms with Crippen LogP contribution in [0.25, 0.3) is 0 Å². The summed E-state index contributed by atoms with van der Waals surface area (Å²) in [6.45, 7) is 0. The van der Waals surface area contributed by atoms with Gasteiger partial charge in [-0.2, -0.15) is 0 Å². The fraction of sp³-hybridized carbons (Fsp3) is 0. The van der Waals surface area contributed by atoms with Gasteiger partial charge in [0.05, 0.1) is 9.85 Å². The second-order valence-corrected chi connectivity index (χ2v) is 0.869. The maximum Gasteiger partial charge on any atom is 0.303 e. The van der Waals surface area contributed by atoms with Crippen LogP contribution in [0.5, 0.6) is 0 Å². The smallest absolute Gasteiger partial charge is 0.259 e. The number of nitro groups is 2. The van der Waals surface area contributed by atoms with Gasteiger partial charge in [-0.15, -0.1) is 0 Å². The number of rotatable bonds is 2. The first-order chi connectivity index (χ1) is 3.63. The fourth-order valence-electron chi connectivity index (χ4n) is 0.109. The van der Waals surface area contributed by atoms with E-state index in [-0.39, 0.29) is 12.4 Å². The minimum atomic E-state index is -0.900. The molecule has 0 radical (unpaired) electrons. The van der Waals surface area contributed by atoms with Crippen molar-refractivity contribution in [3.05, 3.63) is 32.6 Å². The van der Waals surface area contributed by atoms with Crippen LogP contribution in [0.2, 0.25) is 0 Å². The number of hydrogen-bond donors (Lipinski definition) is 0. The van der Waals surface area contributed by atoms with Crippen LogP contribution < -0.4 is 0 Å². The van der Waals surface area contributed by atoms with Gasteiger partial charge in [0.2, 0.25) is 0 Å². The summed E-state index contributed by atoms with van der Waals surface area (Å²) in [6, 6.07) is 0. The minimum Gasteiger partial charge on any atom is -0.259 e. The summed E-state index contributed by atoms with van der Waals surface area (Å²) >= 11 is 0. The topological polar surface area (TPSA) is 86.3 Å². The van der Waals surface area contributed by atoms with Crippen molar-refractivity contribution in [2.75, 3.05) is 0 Å². The molecule has 0 aromatic heterocycles. The molecule has 0 aliphatic carbocycles. The zero-order chi connectivity index (χ0) is 6.57. The third-order valence-electron chi connectivity index (χ3n) is 0.310. The molecule has 6 nitrogen and oxygen atoms in total. The van der Waals surface area contributed by atoms with Crippen LogP contribution >= 0.6 is 0 Å². The summed E-state index contributed by atoms with van der Waals surface area (Å²) < 4.78 is 0. The van der Waals surface area contributed by atoms with Crippen molar-refractivity contribution in [3.8, 4) is 0 Å². The SMILES string of the molecule is O=[N+]([O-])C=C[N+](=O)[O-]. The molecule has 0 heterocycles. The summed E-state index contributed by atoms with van der Waals surface area (Å²) in [4.78, 5) is 16.8. The van der Waals surface area contributed by atoms with Crippen LogP contribution in [0.4, 0.5) is 0 Å². The molecule has 0 spiro atoms. The molecule has 0 aliphatic rings. The molecule has 0 aliphatic heterocycles. The number of nitrogens with zero attached hydrogens (tertiary/aromatic N) is 2. The molecule has 0 rings (SSSR count). The standard InChI is InChI=1S/C2H2N2O4/c5-3(6)1-2-4(7)8/h1-2H. The molecule has 0 fully saturated rings. The lowest BCUT2D eigenvalue weighted by Gasteiger charge is -1.72. The zero-order valence-electron chi connectivity index (χ0n) is 3.68. The normalized spacial score (nSPS) is 9.50. The first kappa shape index (κ1) is 6.54. The molecule has 0 amide bonds. The van der Waals surface area contributed by atoms with Gasteiger partial charge in [-0.3, -0.25) is 20.2 Å². The van der Waals surface area contributed by atoms with Crippen molar-refractivity contribution in [2.45, 2.75) is 0 Å². The van der Waals surface area contributed by atoms with Gasteiger partial charge in [-0.25, -0.2) is 0 Å². The second-order valence-electron chi connectivity index (χ2n) is 0.869. The maximum absolute atomic E-state index is 9.32. The van der Waals surface area contributed by atoms with E-state index in [9.17, 15) is 20.2 Å². The molecule has 0 N–H and O–H groups in total. The van der Waals surface area contributed by atoms with Gasteiger partial charge < -0.3 is 0 Å². The molecule has 0 aromatic carbocycles. The van der Waals surface area contributed by atoms with Gasteiger partial charge in [-0.1, -0.05) is 0 Å². The van der Waals surface area contributed by atoms with E-state index >= 15 is 0 Å². The summed E-state index contributed by atoms with van der Waals surface area (Å²) in [5.74, 6) is 0. The molecule has 0 bridgehead atoms. The van der Waals surface area contributed by atoms with E-state index in [1.165, 1.54) is 0 Å². The van der Waals surface area contributed by atoms with Crippen LogP contribution in [0.3, 0.4) is 0 Å². The van der Waals surface area contributed by atoms with Gasteiger partial charge in [0.15, 0.2) is 0 Å². The van der Waals surface area contributed by atoms with Crippen LogP contribution in [0.15, 0.2) is 12.4 Å². The van der Waals surface area contributed by atoms with E-state index in [1.54, 1.807) is 0 Å². The molecule has 0 atom stereocenters. The lowest BCUT2D eigenvalue weighted by atomic mass is 10.9. The van der Waals surface area contributed by atoms with Gasteiger partial charge in [0.1, 0.15) is 0 Å². The van der Waals surface area contributed by atoms with Crippen molar-refractivity contribution in [1.82, 2.24) is 0 Å². The third-order valence-corrected chi connectivity index (χ3v) is 0.310. The van der Waals surface area contributed by atoms with E-state index < -0.39 is 9.85 Å². The van der Waals surface area contributed by atoms with Gasteiger partial charge in [-0.05, 0) is 0 Å². The predicted octanol–water partition coefficient (Wildman–Crippen LogP) is 0.0110. The Bertz CT molecular complexity index is 123. The first-order valence-electron chi connectivity index (χ1n) is 1.58. The van der Waals surface area contributed by atoms with Crippen molar-refractivity contribution >= 4 is 0 Å². The van der Waals surface area contributed by atoms with E-state index in [2.05, 4.69) is 0 Å². The van der Waals surface area contributed by atoms with Gasteiger partial charge >= 0.3 is 12.4 Å². The molecule has 44 valence electrons. The van der Waals surface area contributed by atoms with E-state index in [0.717, 1.165) is 0 Å². The average molecular weight is 118 g/mol. The van der Waals surface area contributed by atoms with E-state index in [4.69, 9.17) is 0 Å². The Morgan fingerprint density at radius 2 is 1.25 bits per heavy atom. The lowest BCUT2D eigenvalue weighted by Crippen LogP contribution is -1.88. The van der Waals surface area contributed by atoms with Crippen molar-refractivity contribution < 1.29 is 9.85 Å². The highest BCUT2D eigenvalue weighted by molar-refractivity contribution is 4.55. The van der Waals surface area contributed by atoms with Crippen molar-refractivity contribution in [1.29, 1.82) is 0 Å². The van der Waals surface area contributed by atoms with Crippen LogP contribution in [0, 0.1) is 20.2 Å². The van der Waals surface area contributed by atoms with Crippen LogP contribution in [0.1, 0.15) is 0 Å². The highest BCUT2D eigenvalue weighted by atomic mass is 16.6. The molecular formula is C2H2N2O4. The molecule has 8 heavy (non-hydrogen) atoms. The van der Waals surface area contributed by atoms with E-state index in [0.29, 0.717) is 0 Å². The summed E-state index contributed by atoms with van der Waals surface area (Å²) in [5.41, 5.74) is 0. The predicted molar refractivity (Wildman–Crippen MR) is 23.1 cm³/mol. The Morgan fingerprint density at radius 3 is 1.38 bits per heavy atom. The van der Waals surface area contributed by atoms with Crippen LogP contribution in [-0.4, -0.2) is 9.85 Å². The molecule has 0 unspecified atom stereocenters. The Kier molecular flexibility index (Phi) is 2.18. The maximum atomic E-state index is 9.32. The molecule has 6 heteroatoms. The fourth-order valence-corrected chi connectivity index (χ4v) is 0.109. The van der Waals surface area contributed by atoms with Gasteiger partial charge in [0.25, 0.3) is 0 Å². The lowest BCUT2D eigenvalue weighted by molar-refractivity contribution is -0.441. The summed E-state index contributed by atoms with van der Waals surface area (Å²) in [7, 11) is 0. The monoisotopic (exact) mass is 118 g/mol. The Morgan fingerprint density at radius 1 is 1.00 bits per heavy atom. The zero-order valence-corrected chi connectivity index (χ0v) is 3.68. The van der Waals surface area contributed by atoms with Gasteiger partial charge in [0, 0.05) is 0 Å². The molecule has 0 saturated carbocycles.